The summed E-state index contributed by atoms with van der Waals surface area (Å²) in [7, 11) is 1.53. The molecule has 7 heteroatoms. The highest BCUT2D eigenvalue weighted by atomic mass is 35.5. The first-order valence-electron chi connectivity index (χ1n) is 11.1. The van der Waals surface area contributed by atoms with Crippen molar-refractivity contribution < 1.29 is 23.1 Å². The number of allylic oxidation sites excluding steroid dienone is 1. The molecule has 0 bridgehead atoms. The Kier molecular flexibility index (Phi) is 7.12. The average molecular weight is 494 g/mol. The molecule has 0 spiro atoms. The molecule has 0 saturated heterocycles. The highest BCUT2D eigenvalue weighted by Gasteiger charge is 2.19. The largest absolute Gasteiger partial charge is 0.495 e. The number of amides is 1. The summed E-state index contributed by atoms with van der Waals surface area (Å²) in [5, 5.41) is 4.08. The molecule has 1 aromatic heterocycles. The van der Waals surface area contributed by atoms with Gasteiger partial charge in [0.25, 0.3) is 0 Å². The maximum absolute atomic E-state index is 13.5. The molecule has 180 valence electrons. The number of hydrogen-bond donors (Lipinski definition) is 1. The predicted octanol–water partition coefficient (Wildman–Crippen LogP) is 7.65. The van der Waals surface area contributed by atoms with Crippen LogP contribution in [0, 0.1) is 12.7 Å². The van der Waals surface area contributed by atoms with Gasteiger partial charge in [-0.1, -0.05) is 23.7 Å². The summed E-state index contributed by atoms with van der Waals surface area (Å²) in [5.41, 5.74) is 5.19. The van der Waals surface area contributed by atoms with Gasteiger partial charge in [0.2, 0.25) is 5.91 Å². The lowest BCUT2D eigenvalue weighted by atomic mass is 9.96. The van der Waals surface area contributed by atoms with Gasteiger partial charge in [0, 0.05) is 33.8 Å². The minimum Gasteiger partial charge on any atom is -0.495 e. The molecule has 0 atom stereocenters. The first-order chi connectivity index (χ1) is 16.8. The number of ether oxygens (including phenoxy) is 2. The van der Waals surface area contributed by atoms with Gasteiger partial charge in [0.05, 0.1) is 25.0 Å². The van der Waals surface area contributed by atoms with E-state index >= 15 is 0 Å². The van der Waals surface area contributed by atoms with Gasteiger partial charge in [0.1, 0.15) is 22.9 Å². The van der Waals surface area contributed by atoms with E-state index in [1.165, 1.54) is 25.3 Å². The first-order valence-corrected chi connectivity index (χ1v) is 11.5. The van der Waals surface area contributed by atoms with Crippen molar-refractivity contribution in [2.24, 2.45) is 0 Å². The second kappa shape index (κ2) is 10.2. The number of furan rings is 1. The number of methoxy groups -OCH3 is 1. The zero-order valence-electron chi connectivity index (χ0n) is 19.9. The molecule has 4 aromatic rings. The molecule has 35 heavy (non-hydrogen) atoms. The summed E-state index contributed by atoms with van der Waals surface area (Å²) in [5.74, 6) is 0.558. The second-order valence-electron chi connectivity index (χ2n) is 8.01. The maximum atomic E-state index is 13.5. The van der Waals surface area contributed by atoms with Gasteiger partial charge >= 0.3 is 0 Å². The van der Waals surface area contributed by atoms with Crippen molar-refractivity contribution in [1.82, 2.24) is 0 Å². The van der Waals surface area contributed by atoms with Crippen LogP contribution in [0.2, 0.25) is 5.02 Å². The smallest absolute Gasteiger partial charge is 0.248 e. The molecule has 0 aliphatic heterocycles. The third kappa shape index (κ3) is 5.03. The van der Waals surface area contributed by atoms with E-state index in [9.17, 15) is 9.18 Å². The Morgan fingerprint density at radius 3 is 2.57 bits per heavy atom. The van der Waals surface area contributed by atoms with Crippen molar-refractivity contribution in [3.8, 4) is 22.6 Å². The lowest BCUT2D eigenvalue weighted by molar-refractivity contribution is -0.111. The molecule has 0 radical (unpaired) electrons. The fraction of sp³-hybridized carbons (Fsp3) is 0.179. The quantitative estimate of drug-likeness (QED) is 0.268. The fourth-order valence-electron chi connectivity index (χ4n) is 3.99. The Morgan fingerprint density at radius 2 is 1.91 bits per heavy atom. The molecule has 0 fully saturated rings. The van der Waals surface area contributed by atoms with E-state index in [-0.39, 0.29) is 11.7 Å². The lowest BCUT2D eigenvalue weighted by Gasteiger charge is -2.15. The van der Waals surface area contributed by atoms with Gasteiger partial charge in [-0.2, -0.15) is 0 Å². The highest BCUT2D eigenvalue weighted by Crippen LogP contribution is 2.41. The molecule has 1 heterocycles. The Morgan fingerprint density at radius 1 is 1.17 bits per heavy atom. The topological polar surface area (TPSA) is 60.7 Å². The summed E-state index contributed by atoms with van der Waals surface area (Å²) >= 11 is 6.17. The Balaban J connectivity index is 1.74. The highest BCUT2D eigenvalue weighted by molar-refractivity contribution is 6.32. The molecule has 0 saturated carbocycles. The summed E-state index contributed by atoms with van der Waals surface area (Å²) in [4.78, 5) is 12.8. The van der Waals surface area contributed by atoms with E-state index in [0.29, 0.717) is 40.0 Å². The number of hydrogen-bond acceptors (Lipinski definition) is 4. The van der Waals surface area contributed by atoms with Crippen LogP contribution in [0.4, 0.5) is 10.1 Å². The Labute approximate surface area is 208 Å². The van der Waals surface area contributed by atoms with E-state index in [2.05, 4.69) is 5.32 Å². The lowest BCUT2D eigenvalue weighted by Crippen LogP contribution is -2.09. The first kappa shape index (κ1) is 24.4. The molecule has 1 amide bonds. The number of rotatable bonds is 7. The molecule has 3 aromatic carbocycles. The van der Waals surface area contributed by atoms with Crippen LogP contribution < -0.4 is 14.8 Å². The number of benzene rings is 3. The number of carbonyl (C=O) groups is 1. The van der Waals surface area contributed by atoms with Crippen LogP contribution in [0.5, 0.6) is 11.5 Å². The Hall–Kier alpha value is -3.77. The minimum absolute atomic E-state index is 0.306. The van der Waals surface area contributed by atoms with Crippen LogP contribution >= 0.6 is 11.6 Å². The molecule has 0 unspecified atom stereocenters. The van der Waals surface area contributed by atoms with Gasteiger partial charge in [-0.05, 0) is 68.3 Å². The normalized spacial score (nSPS) is 11.5. The van der Waals surface area contributed by atoms with E-state index < -0.39 is 0 Å². The molecular weight excluding hydrogens is 469 g/mol. The summed E-state index contributed by atoms with van der Waals surface area (Å²) in [6.45, 7) is 6.12. The maximum Gasteiger partial charge on any atom is 0.248 e. The number of anilines is 1. The van der Waals surface area contributed by atoms with Crippen LogP contribution in [0.15, 0.2) is 65.3 Å². The number of aryl methyl sites for hydroxylation is 1. The summed E-state index contributed by atoms with van der Waals surface area (Å²) in [6.07, 6.45) is 3.17. The number of nitrogens with one attached hydrogen (secondary N) is 1. The van der Waals surface area contributed by atoms with Crippen molar-refractivity contribution in [1.29, 1.82) is 0 Å². The van der Waals surface area contributed by atoms with Crippen LogP contribution in [-0.4, -0.2) is 19.6 Å². The van der Waals surface area contributed by atoms with E-state index in [4.69, 9.17) is 25.5 Å². The monoisotopic (exact) mass is 493 g/mol. The molecule has 4 rings (SSSR count). The molecular formula is C28H25ClFNO4. The van der Waals surface area contributed by atoms with Crippen molar-refractivity contribution >= 4 is 39.7 Å². The van der Waals surface area contributed by atoms with Gasteiger partial charge in [-0.3, -0.25) is 4.79 Å². The molecule has 5 nitrogen and oxygen atoms in total. The molecule has 0 aliphatic rings. The SMILES string of the molecule is CCOc1c(/C(C)=C/C(=O)Nc2ccc(OC)c(Cl)c2)cc2c(-c3ccc(F)cc3)coc2c1C. The Bertz CT molecular complexity index is 1420. The molecule has 1 N–H and O–H groups in total. The van der Waals surface area contributed by atoms with Crippen molar-refractivity contribution in [3.05, 3.63) is 82.8 Å². The zero-order valence-corrected chi connectivity index (χ0v) is 20.6. The third-order valence-electron chi connectivity index (χ3n) is 5.68. The van der Waals surface area contributed by atoms with Crippen LogP contribution in [0.25, 0.3) is 27.7 Å². The van der Waals surface area contributed by atoms with Crippen molar-refractivity contribution in [2.75, 3.05) is 19.0 Å². The van der Waals surface area contributed by atoms with E-state index in [0.717, 1.165) is 27.6 Å². The minimum atomic E-state index is -0.310. The number of fused-ring (bicyclic) bond motifs is 1. The third-order valence-corrected chi connectivity index (χ3v) is 5.97. The predicted molar refractivity (Wildman–Crippen MR) is 138 cm³/mol. The van der Waals surface area contributed by atoms with Gasteiger partial charge < -0.3 is 19.2 Å². The van der Waals surface area contributed by atoms with Crippen LogP contribution in [0.1, 0.15) is 25.0 Å². The number of carbonyl (C=O) groups excluding carboxylic acids is 1. The van der Waals surface area contributed by atoms with Gasteiger partial charge in [-0.25, -0.2) is 4.39 Å². The van der Waals surface area contributed by atoms with Crippen LogP contribution in [-0.2, 0) is 4.79 Å². The fourth-order valence-corrected chi connectivity index (χ4v) is 4.25. The molecule has 0 aliphatic carbocycles. The summed E-state index contributed by atoms with van der Waals surface area (Å²) in [6, 6.07) is 13.2. The summed E-state index contributed by atoms with van der Waals surface area (Å²) < 4.78 is 30.4. The number of halogens is 2. The van der Waals surface area contributed by atoms with E-state index in [1.54, 1.807) is 36.6 Å². The van der Waals surface area contributed by atoms with Crippen molar-refractivity contribution in [2.45, 2.75) is 20.8 Å². The standard InChI is InChI=1S/C28H25ClFNO4/c1-5-34-27-17(3)28-22(23(15-35-28)18-6-8-19(30)9-7-18)14-21(27)16(2)12-26(32)31-20-10-11-25(33-4)24(29)13-20/h6-15H,5H2,1-4H3,(H,31,32)/b16-12+. The van der Waals surface area contributed by atoms with Crippen molar-refractivity contribution in [3.63, 3.8) is 0 Å². The van der Waals surface area contributed by atoms with E-state index in [1.807, 2.05) is 26.8 Å². The van der Waals surface area contributed by atoms with Gasteiger partial charge in [0.15, 0.2) is 0 Å². The second-order valence-corrected chi connectivity index (χ2v) is 8.42. The van der Waals surface area contributed by atoms with Gasteiger partial charge in [-0.15, -0.1) is 0 Å². The zero-order chi connectivity index (χ0) is 25.1. The average Bonchev–Trinajstić information content (AvgIpc) is 3.25. The van der Waals surface area contributed by atoms with Crippen LogP contribution in [0.3, 0.4) is 0 Å².